The minimum Gasteiger partial charge on any atom is -0.478 e. The van der Waals surface area contributed by atoms with Crippen molar-refractivity contribution in [2.24, 2.45) is 0 Å². The van der Waals surface area contributed by atoms with Gasteiger partial charge in [0.1, 0.15) is 0 Å². The number of hydrogen-bond acceptors (Lipinski definition) is 3. The summed E-state index contributed by atoms with van der Waals surface area (Å²) in [5.41, 5.74) is 1.40. The molecule has 2 rings (SSSR count). The average Bonchev–Trinajstić information content (AvgIpc) is 2.58. The van der Waals surface area contributed by atoms with E-state index < -0.39 is 5.97 Å². The van der Waals surface area contributed by atoms with E-state index in [0.717, 1.165) is 6.08 Å². The van der Waals surface area contributed by atoms with Crippen LogP contribution in [0.3, 0.4) is 0 Å². The Morgan fingerprint density at radius 2 is 2.36 bits per heavy atom. The topological polar surface area (TPSA) is 67.5 Å². The van der Waals surface area contributed by atoms with E-state index in [1.165, 1.54) is 6.08 Å². The van der Waals surface area contributed by atoms with Gasteiger partial charge < -0.3 is 5.11 Å². The van der Waals surface area contributed by atoms with Crippen molar-refractivity contribution in [1.29, 1.82) is 0 Å². The van der Waals surface area contributed by atoms with Gasteiger partial charge in [-0.25, -0.2) is 9.78 Å². The highest BCUT2D eigenvalue weighted by Crippen LogP contribution is 2.05. The van der Waals surface area contributed by atoms with Crippen LogP contribution >= 0.6 is 0 Å². The molecule has 0 saturated heterocycles. The van der Waals surface area contributed by atoms with Gasteiger partial charge in [0.25, 0.3) is 0 Å². The molecule has 0 spiro atoms. The Balaban J connectivity index is 2.48. The molecule has 0 fully saturated rings. The Hall–Kier alpha value is -2.17. The molecule has 0 atom stereocenters. The second-order valence-electron chi connectivity index (χ2n) is 2.66. The zero-order chi connectivity index (χ0) is 9.97. The molecule has 14 heavy (non-hydrogen) atoms. The Morgan fingerprint density at radius 1 is 1.50 bits per heavy atom. The van der Waals surface area contributed by atoms with Crippen molar-refractivity contribution in [2.75, 3.05) is 0 Å². The van der Waals surface area contributed by atoms with Gasteiger partial charge in [0.05, 0.1) is 18.1 Å². The summed E-state index contributed by atoms with van der Waals surface area (Å²) < 4.78 is 1.76. The molecular formula is C9H7N3O2. The fourth-order valence-electron chi connectivity index (χ4n) is 1.14. The van der Waals surface area contributed by atoms with E-state index in [9.17, 15) is 4.79 Å². The molecule has 0 aliphatic heterocycles. The molecule has 0 radical (unpaired) electrons. The van der Waals surface area contributed by atoms with Crippen LogP contribution in [0, 0.1) is 0 Å². The van der Waals surface area contributed by atoms with E-state index in [0.29, 0.717) is 11.3 Å². The molecule has 5 heteroatoms. The van der Waals surface area contributed by atoms with Crippen LogP contribution in [-0.2, 0) is 4.79 Å². The van der Waals surface area contributed by atoms with E-state index in [-0.39, 0.29) is 0 Å². The lowest BCUT2D eigenvalue weighted by Gasteiger charge is -1.93. The number of rotatable bonds is 2. The van der Waals surface area contributed by atoms with Crippen molar-refractivity contribution in [2.45, 2.75) is 0 Å². The highest BCUT2D eigenvalue weighted by atomic mass is 16.4. The van der Waals surface area contributed by atoms with Crippen LogP contribution in [0.5, 0.6) is 0 Å². The lowest BCUT2D eigenvalue weighted by Crippen LogP contribution is -1.89. The predicted octanol–water partition coefficient (Wildman–Crippen LogP) is 0.827. The summed E-state index contributed by atoms with van der Waals surface area (Å²) >= 11 is 0. The number of hydrogen-bond donors (Lipinski definition) is 1. The summed E-state index contributed by atoms with van der Waals surface area (Å²) in [6, 6.07) is 0. The summed E-state index contributed by atoms with van der Waals surface area (Å²) in [5, 5.41) is 8.46. The minimum atomic E-state index is -0.978. The third-order valence-electron chi connectivity index (χ3n) is 1.74. The third-order valence-corrected chi connectivity index (χ3v) is 1.74. The SMILES string of the molecule is O=C(O)C=Cc1cnc2cnccn12. The lowest BCUT2D eigenvalue weighted by atomic mass is 10.4. The van der Waals surface area contributed by atoms with E-state index in [4.69, 9.17) is 5.11 Å². The average molecular weight is 189 g/mol. The Kier molecular flexibility index (Phi) is 1.98. The molecular weight excluding hydrogens is 182 g/mol. The number of aromatic nitrogens is 3. The molecule has 0 unspecified atom stereocenters. The molecule has 0 aromatic carbocycles. The molecule has 2 aromatic heterocycles. The van der Waals surface area contributed by atoms with Crippen LogP contribution in [0.4, 0.5) is 0 Å². The Morgan fingerprint density at radius 3 is 3.14 bits per heavy atom. The van der Waals surface area contributed by atoms with Crippen LogP contribution in [-0.4, -0.2) is 25.4 Å². The van der Waals surface area contributed by atoms with E-state index in [1.54, 1.807) is 29.2 Å². The van der Waals surface area contributed by atoms with Gasteiger partial charge in [-0.05, 0) is 6.08 Å². The Bertz CT molecular complexity index is 501. The van der Waals surface area contributed by atoms with Gasteiger partial charge in [0, 0.05) is 18.5 Å². The first-order chi connectivity index (χ1) is 6.77. The second-order valence-corrected chi connectivity index (χ2v) is 2.66. The van der Waals surface area contributed by atoms with Crippen molar-refractivity contribution in [3.8, 4) is 0 Å². The summed E-state index contributed by atoms with van der Waals surface area (Å²) in [5.74, 6) is -0.978. The summed E-state index contributed by atoms with van der Waals surface area (Å²) in [7, 11) is 0. The van der Waals surface area contributed by atoms with Gasteiger partial charge in [0.2, 0.25) is 0 Å². The number of carboxylic acid groups (broad SMARTS) is 1. The maximum Gasteiger partial charge on any atom is 0.328 e. The van der Waals surface area contributed by atoms with Crippen molar-refractivity contribution >= 4 is 17.7 Å². The second kappa shape index (κ2) is 3.29. The van der Waals surface area contributed by atoms with Gasteiger partial charge >= 0.3 is 5.97 Å². The maximum atomic E-state index is 10.3. The summed E-state index contributed by atoms with van der Waals surface area (Å²) in [4.78, 5) is 18.3. The standard InChI is InChI=1S/C9H7N3O2/c13-9(14)2-1-7-5-11-8-6-10-3-4-12(7)8/h1-6H,(H,13,14). The number of carboxylic acids is 1. The first-order valence-electron chi connectivity index (χ1n) is 3.95. The zero-order valence-corrected chi connectivity index (χ0v) is 7.16. The smallest absolute Gasteiger partial charge is 0.328 e. The monoisotopic (exact) mass is 189 g/mol. The van der Waals surface area contributed by atoms with Crippen LogP contribution in [0.1, 0.15) is 5.69 Å². The largest absolute Gasteiger partial charge is 0.478 e. The van der Waals surface area contributed by atoms with Crippen molar-refractivity contribution < 1.29 is 9.90 Å². The molecule has 2 aromatic rings. The highest BCUT2D eigenvalue weighted by molar-refractivity contribution is 5.85. The van der Waals surface area contributed by atoms with E-state index >= 15 is 0 Å². The fourth-order valence-corrected chi connectivity index (χ4v) is 1.14. The molecule has 0 bridgehead atoms. The number of nitrogens with zero attached hydrogens (tertiary/aromatic N) is 3. The maximum absolute atomic E-state index is 10.3. The third kappa shape index (κ3) is 1.47. The van der Waals surface area contributed by atoms with Crippen LogP contribution in [0.15, 0.2) is 30.9 Å². The van der Waals surface area contributed by atoms with Crippen molar-refractivity contribution in [3.63, 3.8) is 0 Å². The van der Waals surface area contributed by atoms with Crippen LogP contribution in [0.25, 0.3) is 11.7 Å². The van der Waals surface area contributed by atoms with Gasteiger partial charge in [-0.3, -0.25) is 9.38 Å². The summed E-state index contributed by atoms with van der Waals surface area (Å²) in [6.07, 6.45) is 9.11. The first-order valence-corrected chi connectivity index (χ1v) is 3.95. The molecule has 0 saturated carbocycles. The van der Waals surface area contributed by atoms with E-state index in [2.05, 4.69) is 9.97 Å². The number of imidazole rings is 1. The van der Waals surface area contributed by atoms with E-state index in [1.807, 2.05) is 0 Å². The minimum absolute atomic E-state index is 0.692. The molecule has 0 amide bonds. The van der Waals surface area contributed by atoms with Crippen LogP contribution < -0.4 is 0 Å². The first kappa shape index (κ1) is 8.43. The number of aliphatic carboxylic acids is 1. The molecule has 5 nitrogen and oxygen atoms in total. The molecule has 0 aliphatic rings. The quantitative estimate of drug-likeness (QED) is 0.710. The van der Waals surface area contributed by atoms with Crippen molar-refractivity contribution in [3.05, 3.63) is 36.6 Å². The number of fused-ring (bicyclic) bond motifs is 1. The van der Waals surface area contributed by atoms with Crippen molar-refractivity contribution in [1.82, 2.24) is 14.4 Å². The normalized spacial score (nSPS) is 11.1. The van der Waals surface area contributed by atoms with Gasteiger partial charge in [-0.2, -0.15) is 0 Å². The molecule has 0 aliphatic carbocycles. The number of carbonyl (C=O) groups is 1. The highest BCUT2D eigenvalue weighted by Gasteiger charge is 1.98. The molecule has 1 N–H and O–H groups in total. The van der Waals surface area contributed by atoms with Gasteiger partial charge in [0.15, 0.2) is 5.65 Å². The molecule has 2 heterocycles. The Labute approximate surface area is 79.3 Å². The summed E-state index contributed by atoms with van der Waals surface area (Å²) in [6.45, 7) is 0. The molecule has 70 valence electrons. The van der Waals surface area contributed by atoms with Gasteiger partial charge in [-0.15, -0.1) is 0 Å². The van der Waals surface area contributed by atoms with Crippen LogP contribution in [0.2, 0.25) is 0 Å². The zero-order valence-electron chi connectivity index (χ0n) is 7.16. The predicted molar refractivity (Wildman–Crippen MR) is 49.7 cm³/mol. The lowest BCUT2D eigenvalue weighted by molar-refractivity contribution is -0.131. The van der Waals surface area contributed by atoms with Gasteiger partial charge in [-0.1, -0.05) is 0 Å². The fraction of sp³-hybridized carbons (Fsp3) is 0.